The van der Waals surface area contributed by atoms with Crippen LogP contribution in [0.5, 0.6) is 0 Å². The topological polar surface area (TPSA) is 72.9 Å². The number of piperidine rings is 1. The van der Waals surface area contributed by atoms with E-state index >= 15 is 0 Å². The van der Waals surface area contributed by atoms with Crippen LogP contribution in [0, 0.1) is 0 Å². The third-order valence-corrected chi connectivity index (χ3v) is 5.40. The summed E-state index contributed by atoms with van der Waals surface area (Å²) in [6.45, 7) is 3.87. The molecular weight excluding hydrogens is 266 g/mol. The highest BCUT2D eigenvalue weighted by atomic mass is 32.2. The van der Waals surface area contributed by atoms with Crippen molar-refractivity contribution in [1.82, 2.24) is 13.9 Å². The highest BCUT2D eigenvalue weighted by Gasteiger charge is 2.24. The Labute approximate surface area is 116 Å². The minimum absolute atomic E-state index is 0.106. The summed E-state index contributed by atoms with van der Waals surface area (Å²) in [6, 6.07) is 0. The predicted molar refractivity (Wildman–Crippen MR) is 74.0 cm³/mol. The predicted octanol–water partition coefficient (Wildman–Crippen LogP) is -0.237. The number of nitrogens with zero attached hydrogens (tertiary/aromatic N) is 2. The van der Waals surface area contributed by atoms with Crippen molar-refractivity contribution in [2.75, 3.05) is 39.3 Å². The molecule has 7 heteroatoms. The first kappa shape index (κ1) is 15.2. The molecule has 0 aromatic carbocycles. The molecule has 0 saturated carbocycles. The van der Waals surface area contributed by atoms with Gasteiger partial charge in [0, 0.05) is 26.2 Å². The SMILES string of the molecule is O=S(=O)(NCC(O)CN1CCCC1)N1CCCCC1. The van der Waals surface area contributed by atoms with E-state index in [0.717, 1.165) is 32.4 Å². The number of aliphatic hydroxyl groups excluding tert-OH is 1. The van der Waals surface area contributed by atoms with Crippen molar-refractivity contribution in [2.45, 2.75) is 38.2 Å². The molecule has 0 amide bonds. The molecule has 2 rings (SSSR count). The van der Waals surface area contributed by atoms with Crippen molar-refractivity contribution in [3.63, 3.8) is 0 Å². The molecule has 2 aliphatic heterocycles. The summed E-state index contributed by atoms with van der Waals surface area (Å²) in [5, 5.41) is 9.88. The molecule has 2 heterocycles. The standard InChI is InChI=1S/C12H25N3O3S/c16-12(11-14-6-4-5-7-14)10-13-19(17,18)15-8-2-1-3-9-15/h12-13,16H,1-11H2. The summed E-state index contributed by atoms with van der Waals surface area (Å²) in [5.74, 6) is 0. The second kappa shape index (κ2) is 6.99. The molecule has 112 valence electrons. The zero-order valence-corrected chi connectivity index (χ0v) is 12.2. The van der Waals surface area contributed by atoms with Crippen LogP contribution in [0.4, 0.5) is 0 Å². The minimum atomic E-state index is -3.41. The number of nitrogens with one attached hydrogen (secondary N) is 1. The largest absolute Gasteiger partial charge is 0.390 e. The van der Waals surface area contributed by atoms with Crippen molar-refractivity contribution in [1.29, 1.82) is 0 Å². The van der Waals surface area contributed by atoms with E-state index in [0.29, 0.717) is 19.6 Å². The average molecular weight is 291 g/mol. The van der Waals surface area contributed by atoms with Crippen molar-refractivity contribution in [3.8, 4) is 0 Å². The van der Waals surface area contributed by atoms with Crippen LogP contribution < -0.4 is 4.72 Å². The molecular formula is C12H25N3O3S. The van der Waals surface area contributed by atoms with Gasteiger partial charge in [0.25, 0.3) is 10.2 Å². The maximum atomic E-state index is 12.0. The number of hydrogen-bond donors (Lipinski definition) is 2. The van der Waals surface area contributed by atoms with E-state index in [1.165, 1.54) is 17.1 Å². The Morgan fingerprint density at radius 1 is 1.00 bits per heavy atom. The lowest BCUT2D eigenvalue weighted by Gasteiger charge is -2.27. The number of rotatable bonds is 6. The highest BCUT2D eigenvalue weighted by molar-refractivity contribution is 7.87. The fourth-order valence-corrected chi connectivity index (χ4v) is 4.05. The van der Waals surface area contributed by atoms with Gasteiger partial charge in [-0.2, -0.15) is 17.4 Å². The van der Waals surface area contributed by atoms with E-state index < -0.39 is 16.3 Å². The van der Waals surface area contributed by atoms with Gasteiger partial charge in [0.2, 0.25) is 0 Å². The van der Waals surface area contributed by atoms with Crippen LogP contribution in [0.15, 0.2) is 0 Å². The van der Waals surface area contributed by atoms with Gasteiger partial charge in [-0.05, 0) is 38.8 Å². The van der Waals surface area contributed by atoms with E-state index in [9.17, 15) is 13.5 Å². The summed E-state index contributed by atoms with van der Waals surface area (Å²) < 4.78 is 28.0. The second-order valence-electron chi connectivity index (χ2n) is 5.47. The maximum Gasteiger partial charge on any atom is 0.279 e. The third-order valence-electron chi connectivity index (χ3n) is 3.82. The van der Waals surface area contributed by atoms with Gasteiger partial charge in [0.15, 0.2) is 0 Å². The summed E-state index contributed by atoms with van der Waals surface area (Å²) >= 11 is 0. The third kappa shape index (κ3) is 4.68. The number of aliphatic hydroxyl groups is 1. The van der Waals surface area contributed by atoms with Crippen molar-refractivity contribution < 1.29 is 13.5 Å². The molecule has 1 atom stereocenters. The van der Waals surface area contributed by atoms with E-state index in [1.807, 2.05) is 0 Å². The van der Waals surface area contributed by atoms with Crippen LogP contribution in [-0.2, 0) is 10.2 Å². The normalized spacial score (nSPS) is 24.7. The van der Waals surface area contributed by atoms with Gasteiger partial charge in [0.05, 0.1) is 6.10 Å². The molecule has 2 saturated heterocycles. The van der Waals surface area contributed by atoms with Gasteiger partial charge in [-0.3, -0.25) is 0 Å². The van der Waals surface area contributed by atoms with E-state index in [-0.39, 0.29) is 6.54 Å². The van der Waals surface area contributed by atoms with Gasteiger partial charge in [-0.25, -0.2) is 0 Å². The van der Waals surface area contributed by atoms with Crippen molar-refractivity contribution >= 4 is 10.2 Å². The Kier molecular flexibility index (Phi) is 5.58. The number of likely N-dealkylation sites (tertiary alicyclic amines) is 1. The van der Waals surface area contributed by atoms with Gasteiger partial charge in [-0.1, -0.05) is 6.42 Å². The molecule has 0 aromatic heterocycles. The maximum absolute atomic E-state index is 12.0. The lowest BCUT2D eigenvalue weighted by Crippen LogP contribution is -2.47. The van der Waals surface area contributed by atoms with Crippen LogP contribution >= 0.6 is 0 Å². The average Bonchev–Trinajstić information content (AvgIpc) is 2.90. The molecule has 2 aliphatic rings. The van der Waals surface area contributed by atoms with Crippen LogP contribution in [0.2, 0.25) is 0 Å². The summed E-state index contributed by atoms with van der Waals surface area (Å²) in [7, 11) is -3.41. The lowest BCUT2D eigenvalue weighted by molar-refractivity contribution is 0.128. The summed E-state index contributed by atoms with van der Waals surface area (Å²) in [5.41, 5.74) is 0. The quantitative estimate of drug-likeness (QED) is 0.709. The zero-order chi connectivity index (χ0) is 13.7. The molecule has 0 bridgehead atoms. The van der Waals surface area contributed by atoms with E-state index in [1.54, 1.807) is 0 Å². The van der Waals surface area contributed by atoms with Crippen LogP contribution in [0.25, 0.3) is 0 Å². The monoisotopic (exact) mass is 291 g/mol. The lowest BCUT2D eigenvalue weighted by atomic mass is 10.2. The Morgan fingerprint density at radius 3 is 2.21 bits per heavy atom. The molecule has 19 heavy (non-hydrogen) atoms. The first-order chi connectivity index (χ1) is 9.08. The molecule has 0 spiro atoms. The second-order valence-corrected chi connectivity index (χ2v) is 7.23. The van der Waals surface area contributed by atoms with Crippen LogP contribution in [0.3, 0.4) is 0 Å². The molecule has 0 aromatic rings. The van der Waals surface area contributed by atoms with Gasteiger partial charge < -0.3 is 10.0 Å². The highest BCUT2D eigenvalue weighted by Crippen LogP contribution is 2.12. The zero-order valence-electron chi connectivity index (χ0n) is 11.4. The molecule has 1 unspecified atom stereocenters. The first-order valence-corrected chi connectivity index (χ1v) is 8.67. The Balaban J connectivity index is 1.73. The van der Waals surface area contributed by atoms with Gasteiger partial charge in [0.1, 0.15) is 0 Å². The first-order valence-electron chi connectivity index (χ1n) is 7.23. The Bertz CT molecular complexity index is 362. The fourth-order valence-electron chi connectivity index (χ4n) is 2.73. The summed E-state index contributed by atoms with van der Waals surface area (Å²) in [4.78, 5) is 2.18. The Hall–Kier alpha value is -0.210. The smallest absolute Gasteiger partial charge is 0.279 e. The van der Waals surface area contributed by atoms with E-state index in [2.05, 4.69) is 9.62 Å². The van der Waals surface area contributed by atoms with Crippen LogP contribution in [-0.4, -0.2) is 68.1 Å². The molecule has 6 nitrogen and oxygen atoms in total. The number of β-amino-alcohol motifs (C(OH)–C–C–N with tert-alkyl or cyclic N) is 1. The van der Waals surface area contributed by atoms with Crippen LogP contribution in [0.1, 0.15) is 32.1 Å². The van der Waals surface area contributed by atoms with Crippen molar-refractivity contribution in [3.05, 3.63) is 0 Å². The molecule has 0 aliphatic carbocycles. The van der Waals surface area contributed by atoms with Gasteiger partial charge >= 0.3 is 0 Å². The molecule has 0 radical (unpaired) electrons. The summed E-state index contributed by atoms with van der Waals surface area (Å²) in [6.07, 6.45) is 4.67. The number of hydrogen-bond acceptors (Lipinski definition) is 4. The molecule has 2 fully saturated rings. The van der Waals surface area contributed by atoms with E-state index in [4.69, 9.17) is 0 Å². The fraction of sp³-hybridized carbons (Fsp3) is 1.00. The molecule has 2 N–H and O–H groups in total. The van der Waals surface area contributed by atoms with Gasteiger partial charge in [-0.15, -0.1) is 0 Å². The van der Waals surface area contributed by atoms with Crippen molar-refractivity contribution in [2.24, 2.45) is 0 Å². The minimum Gasteiger partial charge on any atom is -0.390 e. The Morgan fingerprint density at radius 2 is 1.58 bits per heavy atom.